The highest BCUT2D eigenvalue weighted by Gasteiger charge is 2.36. The summed E-state index contributed by atoms with van der Waals surface area (Å²) in [6, 6.07) is 4.00. The second-order valence-electron chi connectivity index (χ2n) is 4.87. The Morgan fingerprint density at radius 3 is 3.00 bits per heavy atom. The highest BCUT2D eigenvalue weighted by molar-refractivity contribution is 5.88. The van der Waals surface area contributed by atoms with Crippen molar-refractivity contribution in [3.8, 4) is 0 Å². The van der Waals surface area contributed by atoms with Gasteiger partial charge in [0.1, 0.15) is 0 Å². The molecule has 0 amide bonds. The van der Waals surface area contributed by atoms with Crippen LogP contribution in [0.25, 0.3) is 0 Å². The van der Waals surface area contributed by atoms with Gasteiger partial charge in [0.25, 0.3) is 0 Å². The Balaban J connectivity index is 2.12. The third-order valence-electron chi connectivity index (χ3n) is 3.40. The molecule has 0 saturated carbocycles. The lowest BCUT2D eigenvalue weighted by Gasteiger charge is -2.41. The number of Topliss-reactive ketones (excluding diaryl/α,β-unsaturated/α-hetero) is 1. The smallest absolute Gasteiger partial charge is 0.152 e. The van der Waals surface area contributed by atoms with Crippen LogP contribution in [0.4, 0.5) is 0 Å². The highest BCUT2D eigenvalue weighted by Crippen LogP contribution is 2.25. The molecule has 0 unspecified atom stereocenters. The molecule has 0 bridgehead atoms. The van der Waals surface area contributed by atoms with Crippen LogP contribution in [0.3, 0.4) is 0 Å². The fourth-order valence-electron chi connectivity index (χ4n) is 2.18. The quantitative estimate of drug-likeness (QED) is 0.761. The van der Waals surface area contributed by atoms with E-state index in [1.54, 1.807) is 6.20 Å². The van der Waals surface area contributed by atoms with Crippen LogP contribution >= 0.6 is 0 Å². The van der Waals surface area contributed by atoms with Crippen molar-refractivity contribution in [2.24, 2.45) is 0 Å². The van der Waals surface area contributed by atoms with Gasteiger partial charge in [-0.25, -0.2) is 0 Å². The van der Waals surface area contributed by atoms with Crippen molar-refractivity contribution in [2.75, 3.05) is 6.54 Å². The minimum absolute atomic E-state index is 0.325. The van der Waals surface area contributed by atoms with Crippen LogP contribution in [-0.2, 0) is 11.3 Å². The van der Waals surface area contributed by atoms with Crippen molar-refractivity contribution < 1.29 is 4.79 Å². The molecule has 1 aromatic heterocycles. The van der Waals surface area contributed by atoms with Crippen molar-refractivity contribution in [1.82, 2.24) is 9.88 Å². The van der Waals surface area contributed by atoms with E-state index in [1.807, 2.05) is 26.1 Å². The Labute approximate surface area is 96.5 Å². The maximum absolute atomic E-state index is 11.9. The fraction of sp³-hybridized carbons (Fsp3) is 0.538. The lowest BCUT2D eigenvalue weighted by atomic mass is 9.88. The van der Waals surface area contributed by atoms with E-state index < -0.39 is 0 Å². The number of hydrogen-bond donors (Lipinski definition) is 0. The highest BCUT2D eigenvalue weighted by atomic mass is 16.1. The Bertz CT molecular complexity index is 373. The van der Waals surface area contributed by atoms with Crippen molar-refractivity contribution in [3.05, 3.63) is 30.1 Å². The van der Waals surface area contributed by atoms with Crippen molar-refractivity contribution in [3.63, 3.8) is 0 Å². The van der Waals surface area contributed by atoms with Gasteiger partial charge >= 0.3 is 0 Å². The summed E-state index contributed by atoms with van der Waals surface area (Å²) in [6.07, 6.45) is 5.34. The van der Waals surface area contributed by atoms with E-state index in [1.165, 1.54) is 5.56 Å². The summed E-state index contributed by atoms with van der Waals surface area (Å²) in [4.78, 5) is 18.2. The standard InChI is InChI=1S/C13H18N2O/c1-13(2)12(16)6-4-8-15(13)10-11-5-3-7-14-9-11/h3,5,7,9H,4,6,8,10H2,1-2H3. The SMILES string of the molecule is CC1(C)C(=O)CCCN1Cc1cccnc1. The van der Waals surface area contributed by atoms with Crippen molar-refractivity contribution >= 4 is 5.78 Å². The first-order valence-corrected chi connectivity index (χ1v) is 5.78. The Morgan fingerprint density at radius 2 is 2.31 bits per heavy atom. The first-order chi connectivity index (χ1) is 7.60. The van der Waals surface area contributed by atoms with Gasteiger partial charge in [0.2, 0.25) is 0 Å². The number of carbonyl (C=O) groups is 1. The first-order valence-electron chi connectivity index (χ1n) is 5.78. The summed E-state index contributed by atoms with van der Waals surface area (Å²) in [7, 11) is 0. The largest absolute Gasteiger partial charge is 0.298 e. The number of piperidine rings is 1. The molecule has 1 aromatic rings. The van der Waals surface area contributed by atoms with Crippen LogP contribution in [0, 0.1) is 0 Å². The summed E-state index contributed by atoms with van der Waals surface area (Å²) in [6.45, 7) is 5.84. The zero-order chi connectivity index (χ0) is 11.6. The second-order valence-corrected chi connectivity index (χ2v) is 4.87. The molecule has 2 heterocycles. The number of rotatable bonds is 2. The third kappa shape index (κ3) is 2.14. The molecule has 86 valence electrons. The number of pyridine rings is 1. The van der Waals surface area contributed by atoms with Crippen LogP contribution in [0.2, 0.25) is 0 Å². The molecule has 1 saturated heterocycles. The average molecular weight is 218 g/mol. The van der Waals surface area contributed by atoms with Gasteiger partial charge in [0.05, 0.1) is 5.54 Å². The average Bonchev–Trinajstić information content (AvgIpc) is 2.27. The molecule has 0 aliphatic carbocycles. The van der Waals surface area contributed by atoms with E-state index >= 15 is 0 Å². The third-order valence-corrected chi connectivity index (χ3v) is 3.40. The van der Waals surface area contributed by atoms with Gasteiger partial charge in [-0.05, 0) is 38.4 Å². The molecule has 2 rings (SSSR count). The molecule has 0 spiro atoms. The molecule has 0 radical (unpaired) electrons. The Morgan fingerprint density at radius 1 is 1.50 bits per heavy atom. The van der Waals surface area contributed by atoms with E-state index in [0.29, 0.717) is 5.78 Å². The molecular formula is C13H18N2O. The Kier molecular flexibility index (Phi) is 3.06. The summed E-state index contributed by atoms with van der Waals surface area (Å²) < 4.78 is 0. The van der Waals surface area contributed by atoms with Crippen LogP contribution in [-0.4, -0.2) is 27.8 Å². The normalized spacial score (nSPS) is 21.0. The monoisotopic (exact) mass is 218 g/mol. The Hall–Kier alpha value is -1.22. The lowest BCUT2D eigenvalue weighted by Crippen LogP contribution is -2.53. The van der Waals surface area contributed by atoms with Gasteiger partial charge in [-0.1, -0.05) is 6.07 Å². The maximum Gasteiger partial charge on any atom is 0.152 e. The molecule has 3 nitrogen and oxygen atoms in total. The molecule has 3 heteroatoms. The molecule has 0 atom stereocenters. The van der Waals surface area contributed by atoms with Crippen molar-refractivity contribution in [1.29, 1.82) is 0 Å². The van der Waals surface area contributed by atoms with Gasteiger partial charge in [-0.15, -0.1) is 0 Å². The van der Waals surface area contributed by atoms with Gasteiger partial charge in [-0.3, -0.25) is 14.7 Å². The van der Waals surface area contributed by atoms with E-state index in [2.05, 4.69) is 16.0 Å². The number of hydrogen-bond acceptors (Lipinski definition) is 3. The minimum atomic E-state index is -0.325. The van der Waals surface area contributed by atoms with Crippen LogP contribution in [0.1, 0.15) is 32.3 Å². The molecule has 1 aliphatic heterocycles. The molecule has 16 heavy (non-hydrogen) atoms. The number of aromatic nitrogens is 1. The van der Waals surface area contributed by atoms with E-state index in [9.17, 15) is 4.79 Å². The van der Waals surface area contributed by atoms with Gasteiger partial charge in [-0.2, -0.15) is 0 Å². The van der Waals surface area contributed by atoms with E-state index in [-0.39, 0.29) is 5.54 Å². The van der Waals surface area contributed by atoms with Gasteiger partial charge in [0, 0.05) is 25.4 Å². The number of ketones is 1. The predicted octanol–water partition coefficient (Wildman–Crippen LogP) is 2.03. The number of carbonyl (C=O) groups excluding carboxylic acids is 1. The maximum atomic E-state index is 11.9. The van der Waals surface area contributed by atoms with Crippen LogP contribution in [0.5, 0.6) is 0 Å². The van der Waals surface area contributed by atoms with Crippen molar-refractivity contribution in [2.45, 2.75) is 38.8 Å². The predicted molar refractivity (Wildman–Crippen MR) is 63.0 cm³/mol. The lowest BCUT2D eigenvalue weighted by molar-refractivity contribution is -0.133. The molecule has 0 N–H and O–H groups in total. The zero-order valence-electron chi connectivity index (χ0n) is 9.94. The molecule has 1 fully saturated rings. The second kappa shape index (κ2) is 4.34. The van der Waals surface area contributed by atoms with Crippen LogP contribution < -0.4 is 0 Å². The fourth-order valence-corrected chi connectivity index (χ4v) is 2.18. The van der Waals surface area contributed by atoms with E-state index in [0.717, 1.165) is 25.9 Å². The van der Waals surface area contributed by atoms with Gasteiger partial charge < -0.3 is 0 Å². The molecule has 1 aliphatic rings. The zero-order valence-corrected chi connectivity index (χ0v) is 9.94. The van der Waals surface area contributed by atoms with Crippen LogP contribution in [0.15, 0.2) is 24.5 Å². The summed E-state index contributed by atoms with van der Waals surface area (Å²) >= 11 is 0. The summed E-state index contributed by atoms with van der Waals surface area (Å²) in [5, 5.41) is 0. The molecular weight excluding hydrogens is 200 g/mol. The number of nitrogens with zero attached hydrogens (tertiary/aromatic N) is 2. The number of likely N-dealkylation sites (tertiary alicyclic amines) is 1. The summed E-state index contributed by atoms with van der Waals surface area (Å²) in [5.74, 6) is 0.350. The topological polar surface area (TPSA) is 33.2 Å². The summed E-state index contributed by atoms with van der Waals surface area (Å²) in [5.41, 5.74) is 0.846. The first kappa shape index (κ1) is 11.3. The van der Waals surface area contributed by atoms with Gasteiger partial charge in [0.15, 0.2) is 5.78 Å². The molecule has 0 aromatic carbocycles. The van der Waals surface area contributed by atoms with E-state index in [4.69, 9.17) is 0 Å². The minimum Gasteiger partial charge on any atom is -0.298 e.